The van der Waals surface area contributed by atoms with Gasteiger partial charge in [0, 0.05) is 16.8 Å². The molecule has 0 fully saturated rings. The molecule has 0 aromatic carbocycles. The van der Waals surface area contributed by atoms with Crippen molar-refractivity contribution in [2.75, 3.05) is 0 Å². The van der Waals surface area contributed by atoms with Gasteiger partial charge in [-0.25, -0.2) is 4.79 Å². The van der Waals surface area contributed by atoms with Crippen LogP contribution in [0.3, 0.4) is 0 Å². The molecule has 102 valence electrons. The average Bonchev–Trinajstić information content (AvgIpc) is 2.86. The summed E-state index contributed by atoms with van der Waals surface area (Å²) in [7, 11) is 0. The van der Waals surface area contributed by atoms with E-state index in [-0.39, 0.29) is 6.54 Å². The Kier molecular flexibility index (Phi) is 3.64. The molecule has 0 atom stereocenters. The molecule has 0 aliphatic heterocycles. The van der Waals surface area contributed by atoms with Crippen molar-refractivity contribution >= 4 is 22.9 Å². The quantitative estimate of drug-likeness (QED) is 0.885. The zero-order chi connectivity index (χ0) is 14.2. The minimum atomic E-state index is -1.14. The molecule has 0 saturated carbocycles. The highest BCUT2D eigenvalue weighted by atomic mass is 35.5. The first-order valence-electron chi connectivity index (χ1n) is 5.55. The number of nitrogens with zero attached hydrogens (tertiary/aromatic N) is 1. The van der Waals surface area contributed by atoms with E-state index in [1.54, 1.807) is 0 Å². The van der Waals surface area contributed by atoms with E-state index in [2.05, 4.69) is 4.98 Å². The van der Waals surface area contributed by atoms with Gasteiger partial charge in [-0.05, 0) is 11.4 Å². The van der Waals surface area contributed by atoms with Crippen molar-refractivity contribution in [2.45, 2.75) is 25.8 Å². The van der Waals surface area contributed by atoms with Crippen molar-refractivity contribution in [3.05, 3.63) is 54.2 Å². The molecule has 4 nitrogen and oxygen atoms in total. The minimum absolute atomic E-state index is 0.0791. The Labute approximate surface area is 117 Å². The van der Waals surface area contributed by atoms with Crippen LogP contribution >= 0.6 is 22.9 Å². The average molecular weight is 303 g/mol. The maximum Gasteiger partial charge on any atom is 0.329 e. The molecule has 0 aliphatic rings. The molecule has 0 amide bonds. The van der Waals surface area contributed by atoms with E-state index in [1.165, 1.54) is 11.3 Å². The summed E-state index contributed by atoms with van der Waals surface area (Å²) in [6, 6.07) is 3.80. The molecule has 0 saturated heterocycles. The number of halogens is 2. The van der Waals surface area contributed by atoms with Crippen molar-refractivity contribution in [2.24, 2.45) is 0 Å². The summed E-state index contributed by atoms with van der Waals surface area (Å²) >= 11 is 6.94. The molecule has 2 rings (SSSR count). The van der Waals surface area contributed by atoms with Crippen LogP contribution in [0.25, 0.3) is 0 Å². The predicted molar refractivity (Wildman–Crippen MR) is 73.6 cm³/mol. The monoisotopic (exact) mass is 302 g/mol. The summed E-state index contributed by atoms with van der Waals surface area (Å²) in [5.74, 6) is -1.14. The zero-order valence-corrected chi connectivity index (χ0v) is 11.9. The first kappa shape index (κ1) is 14.0. The molecule has 0 radical (unpaired) electrons. The fourth-order valence-corrected chi connectivity index (χ4v) is 2.81. The van der Waals surface area contributed by atoms with Gasteiger partial charge in [0.05, 0.1) is 0 Å². The van der Waals surface area contributed by atoms with E-state index in [9.17, 15) is 14.0 Å². The van der Waals surface area contributed by atoms with Crippen LogP contribution in [0.15, 0.2) is 27.1 Å². The van der Waals surface area contributed by atoms with Crippen molar-refractivity contribution in [1.82, 2.24) is 9.55 Å². The van der Waals surface area contributed by atoms with E-state index >= 15 is 0 Å². The normalized spacial score (nSPS) is 11.8. The molecule has 7 heteroatoms. The molecule has 2 aromatic rings. The van der Waals surface area contributed by atoms with E-state index in [0.717, 1.165) is 9.44 Å². The van der Waals surface area contributed by atoms with E-state index in [1.807, 2.05) is 31.4 Å². The largest absolute Gasteiger partial charge is 0.329 e. The lowest BCUT2D eigenvalue weighted by molar-refractivity contribution is 0.410. The minimum Gasteiger partial charge on any atom is -0.295 e. The van der Waals surface area contributed by atoms with Crippen molar-refractivity contribution in [3.63, 3.8) is 0 Å². The number of nitrogens with one attached hydrogen (secondary N) is 1. The third-order valence-corrected chi connectivity index (χ3v) is 4.33. The molecule has 0 aliphatic carbocycles. The maximum absolute atomic E-state index is 13.5. The lowest BCUT2D eigenvalue weighted by Crippen LogP contribution is -2.42. The predicted octanol–water partition coefficient (Wildman–Crippen LogP) is 2.37. The standard InChI is InChI=1S/C12H12ClFN2O2S/c1-12(2,7-4-3-5-19-7)6-16-10(17)8(14)9(13)15-11(16)18/h3-5H,6H2,1-2H3,(H,15,18). The van der Waals surface area contributed by atoms with Crippen LogP contribution < -0.4 is 11.2 Å². The van der Waals surface area contributed by atoms with E-state index in [4.69, 9.17) is 11.6 Å². The smallest absolute Gasteiger partial charge is 0.295 e. The van der Waals surface area contributed by atoms with Crippen LogP contribution in [0.1, 0.15) is 18.7 Å². The van der Waals surface area contributed by atoms with E-state index < -0.39 is 27.6 Å². The van der Waals surface area contributed by atoms with Crippen LogP contribution in [0.2, 0.25) is 5.15 Å². The number of thiophene rings is 1. The SMILES string of the molecule is CC(C)(Cn1c(=O)[nH]c(Cl)c(F)c1=O)c1cccs1. The fourth-order valence-electron chi connectivity index (χ4n) is 1.80. The van der Waals surface area contributed by atoms with Crippen LogP contribution in [0.4, 0.5) is 4.39 Å². The van der Waals surface area contributed by atoms with Gasteiger partial charge in [0.15, 0.2) is 5.15 Å². The van der Waals surface area contributed by atoms with Crippen molar-refractivity contribution in [1.29, 1.82) is 0 Å². The number of hydrogen-bond acceptors (Lipinski definition) is 3. The Balaban J connectivity index is 2.48. The number of rotatable bonds is 3. The van der Waals surface area contributed by atoms with Crippen LogP contribution in [-0.4, -0.2) is 9.55 Å². The molecule has 2 heterocycles. The van der Waals surface area contributed by atoms with Gasteiger partial charge in [-0.1, -0.05) is 31.5 Å². The summed E-state index contributed by atoms with van der Waals surface area (Å²) in [4.78, 5) is 26.6. The highest BCUT2D eigenvalue weighted by Gasteiger charge is 2.25. The Morgan fingerprint density at radius 1 is 1.47 bits per heavy atom. The van der Waals surface area contributed by atoms with Gasteiger partial charge in [-0.15, -0.1) is 11.3 Å². The van der Waals surface area contributed by atoms with Crippen molar-refractivity contribution in [3.8, 4) is 0 Å². The first-order valence-corrected chi connectivity index (χ1v) is 6.81. The van der Waals surface area contributed by atoms with Gasteiger partial charge in [0.25, 0.3) is 5.56 Å². The summed E-state index contributed by atoms with van der Waals surface area (Å²) in [6.07, 6.45) is 0. The van der Waals surface area contributed by atoms with E-state index in [0.29, 0.717) is 0 Å². The number of aromatic amines is 1. The van der Waals surface area contributed by atoms with Gasteiger partial charge in [-0.2, -0.15) is 4.39 Å². The molecular weight excluding hydrogens is 291 g/mol. The van der Waals surface area contributed by atoms with Crippen LogP contribution in [0, 0.1) is 5.82 Å². The lowest BCUT2D eigenvalue weighted by atomic mass is 9.91. The molecule has 0 spiro atoms. The van der Waals surface area contributed by atoms with Crippen LogP contribution in [-0.2, 0) is 12.0 Å². The van der Waals surface area contributed by atoms with Gasteiger partial charge in [0.2, 0.25) is 5.82 Å². The number of hydrogen-bond donors (Lipinski definition) is 1. The van der Waals surface area contributed by atoms with Gasteiger partial charge in [0.1, 0.15) is 0 Å². The second kappa shape index (κ2) is 4.94. The van der Waals surface area contributed by atoms with Crippen LogP contribution in [0.5, 0.6) is 0 Å². The third-order valence-electron chi connectivity index (χ3n) is 2.83. The Morgan fingerprint density at radius 2 is 2.16 bits per heavy atom. The fraction of sp³-hybridized carbons (Fsp3) is 0.333. The Hall–Kier alpha value is -1.40. The van der Waals surface area contributed by atoms with Gasteiger partial charge >= 0.3 is 5.69 Å². The summed E-state index contributed by atoms with van der Waals surface area (Å²) in [5, 5.41) is 1.35. The molecule has 2 aromatic heterocycles. The topological polar surface area (TPSA) is 54.9 Å². The Bertz CT molecular complexity index is 704. The second-order valence-corrected chi connectivity index (χ2v) is 6.14. The molecule has 0 unspecified atom stereocenters. The number of aromatic nitrogens is 2. The second-order valence-electron chi connectivity index (χ2n) is 4.81. The summed E-state index contributed by atoms with van der Waals surface area (Å²) in [6.45, 7) is 3.85. The lowest BCUT2D eigenvalue weighted by Gasteiger charge is -2.23. The highest BCUT2D eigenvalue weighted by molar-refractivity contribution is 7.10. The Morgan fingerprint density at radius 3 is 2.74 bits per heavy atom. The number of H-pyrrole nitrogens is 1. The third kappa shape index (κ3) is 2.64. The van der Waals surface area contributed by atoms with Crippen molar-refractivity contribution < 1.29 is 4.39 Å². The molecule has 0 bridgehead atoms. The maximum atomic E-state index is 13.5. The van der Waals surface area contributed by atoms with Gasteiger partial charge in [-0.3, -0.25) is 14.3 Å². The summed E-state index contributed by atoms with van der Waals surface area (Å²) < 4.78 is 14.3. The highest BCUT2D eigenvalue weighted by Crippen LogP contribution is 2.28. The first-order chi connectivity index (χ1) is 8.83. The molecule has 1 N–H and O–H groups in total. The zero-order valence-electron chi connectivity index (χ0n) is 10.4. The molecule has 19 heavy (non-hydrogen) atoms. The summed E-state index contributed by atoms with van der Waals surface area (Å²) in [5.41, 5.74) is -2.16. The molecular formula is C12H12ClFN2O2S. The van der Waals surface area contributed by atoms with Gasteiger partial charge < -0.3 is 0 Å².